The molecular weight excluding hydrogens is 352 g/mol. The maximum absolute atomic E-state index is 12.2. The van der Waals surface area contributed by atoms with Gasteiger partial charge in [0.25, 0.3) is 5.91 Å². The number of rotatable bonds is 7. The summed E-state index contributed by atoms with van der Waals surface area (Å²) in [6.07, 6.45) is 3.04. The van der Waals surface area contributed by atoms with Gasteiger partial charge in [0.15, 0.2) is 11.4 Å². The molecule has 10 nitrogen and oxygen atoms in total. The number of nitrogens with zero attached hydrogens (tertiary/aromatic N) is 5. The lowest BCUT2D eigenvalue weighted by molar-refractivity contribution is 0.0479. The zero-order valence-corrected chi connectivity index (χ0v) is 14.8. The number of methoxy groups -OCH3 is 1. The quantitative estimate of drug-likeness (QED) is 0.608. The lowest BCUT2D eigenvalue weighted by Gasteiger charge is -2.09. The van der Waals surface area contributed by atoms with Gasteiger partial charge in [0, 0.05) is 6.20 Å². The van der Waals surface area contributed by atoms with E-state index in [2.05, 4.69) is 15.4 Å². The maximum Gasteiger partial charge on any atom is 0.358 e. The molecule has 2 aromatic heterocycles. The van der Waals surface area contributed by atoms with Crippen molar-refractivity contribution in [1.82, 2.24) is 24.8 Å². The summed E-state index contributed by atoms with van der Waals surface area (Å²) >= 11 is 0. The lowest BCUT2D eigenvalue weighted by atomic mass is 10.2. The minimum absolute atomic E-state index is 0.0427. The zero-order valence-electron chi connectivity index (χ0n) is 14.8. The number of aryl methyl sites for hydroxylation is 1. The molecule has 0 aliphatic heterocycles. The fraction of sp³-hybridized carbons (Fsp3) is 0.235. The number of amides is 1. The molecule has 0 saturated carbocycles. The van der Waals surface area contributed by atoms with Crippen molar-refractivity contribution in [1.29, 1.82) is 0 Å². The van der Waals surface area contributed by atoms with Gasteiger partial charge < -0.3 is 15.2 Å². The van der Waals surface area contributed by atoms with Crippen LogP contribution in [-0.4, -0.2) is 50.4 Å². The van der Waals surface area contributed by atoms with E-state index >= 15 is 0 Å². The number of hydrogen-bond acceptors (Lipinski definition) is 7. The Morgan fingerprint density at radius 3 is 2.74 bits per heavy atom. The Hall–Kier alpha value is -3.69. The number of benzene rings is 1. The SMILES string of the molecule is COc1ccc(C)cc1-n1ccc(C(=O)OCCn2cc(C(N)=O)nn2)n1. The van der Waals surface area contributed by atoms with Crippen molar-refractivity contribution in [2.45, 2.75) is 13.5 Å². The highest BCUT2D eigenvalue weighted by molar-refractivity contribution is 5.90. The van der Waals surface area contributed by atoms with Crippen LogP contribution in [0.15, 0.2) is 36.7 Å². The van der Waals surface area contributed by atoms with Crippen LogP contribution in [0.3, 0.4) is 0 Å². The van der Waals surface area contributed by atoms with Gasteiger partial charge in [0.1, 0.15) is 18.0 Å². The number of carbonyl (C=O) groups is 2. The number of nitrogens with two attached hydrogens (primary N) is 1. The second-order valence-electron chi connectivity index (χ2n) is 5.69. The Kier molecular flexibility index (Phi) is 5.15. The fourth-order valence-electron chi connectivity index (χ4n) is 2.37. The number of primary amides is 1. The highest BCUT2D eigenvalue weighted by Crippen LogP contribution is 2.23. The van der Waals surface area contributed by atoms with E-state index in [1.54, 1.807) is 24.1 Å². The largest absolute Gasteiger partial charge is 0.494 e. The predicted octanol–water partition coefficient (Wildman–Crippen LogP) is 0.737. The molecule has 3 rings (SSSR count). The van der Waals surface area contributed by atoms with Crippen molar-refractivity contribution in [3.05, 3.63) is 53.6 Å². The van der Waals surface area contributed by atoms with Gasteiger partial charge in [-0.15, -0.1) is 5.10 Å². The molecule has 1 aromatic carbocycles. The van der Waals surface area contributed by atoms with Crippen LogP contribution in [0.4, 0.5) is 0 Å². The summed E-state index contributed by atoms with van der Waals surface area (Å²) in [6.45, 7) is 2.23. The third-order valence-corrected chi connectivity index (χ3v) is 3.72. The first-order chi connectivity index (χ1) is 13.0. The van der Waals surface area contributed by atoms with Gasteiger partial charge in [-0.25, -0.2) is 14.2 Å². The summed E-state index contributed by atoms with van der Waals surface area (Å²) in [5, 5.41) is 11.6. The summed E-state index contributed by atoms with van der Waals surface area (Å²) in [5.74, 6) is -0.606. The molecule has 0 unspecified atom stereocenters. The van der Waals surface area contributed by atoms with Crippen molar-refractivity contribution in [3.63, 3.8) is 0 Å². The van der Waals surface area contributed by atoms with E-state index < -0.39 is 11.9 Å². The normalized spacial score (nSPS) is 10.6. The number of ether oxygens (including phenoxy) is 2. The van der Waals surface area contributed by atoms with E-state index in [-0.39, 0.29) is 24.5 Å². The van der Waals surface area contributed by atoms with Crippen molar-refractivity contribution >= 4 is 11.9 Å². The van der Waals surface area contributed by atoms with Gasteiger partial charge in [-0.1, -0.05) is 11.3 Å². The molecular formula is C17H18N6O4. The van der Waals surface area contributed by atoms with Crippen LogP contribution in [-0.2, 0) is 11.3 Å². The third kappa shape index (κ3) is 4.11. The number of esters is 1. The van der Waals surface area contributed by atoms with E-state index in [1.807, 2.05) is 25.1 Å². The van der Waals surface area contributed by atoms with Gasteiger partial charge in [-0.2, -0.15) is 5.10 Å². The van der Waals surface area contributed by atoms with E-state index in [0.29, 0.717) is 5.75 Å². The second kappa shape index (κ2) is 7.68. The molecule has 0 spiro atoms. The third-order valence-electron chi connectivity index (χ3n) is 3.72. The minimum Gasteiger partial charge on any atom is -0.494 e. The summed E-state index contributed by atoms with van der Waals surface area (Å²) in [7, 11) is 1.57. The standard InChI is InChI=1S/C17H18N6O4/c1-11-3-4-15(26-2)14(9-11)23-6-5-12(20-23)17(25)27-8-7-22-10-13(16(18)24)19-21-22/h3-6,9-10H,7-8H2,1-2H3,(H2,18,24). The Labute approximate surface area is 154 Å². The number of carbonyl (C=O) groups excluding carboxylic acids is 2. The van der Waals surface area contributed by atoms with Gasteiger partial charge >= 0.3 is 5.97 Å². The monoisotopic (exact) mass is 370 g/mol. The number of hydrogen-bond donors (Lipinski definition) is 1. The summed E-state index contributed by atoms with van der Waals surface area (Å²) < 4.78 is 13.4. The maximum atomic E-state index is 12.2. The van der Waals surface area contributed by atoms with Crippen LogP contribution in [0.25, 0.3) is 5.69 Å². The van der Waals surface area contributed by atoms with E-state index in [1.165, 1.54) is 10.9 Å². The number of aromatic nitrogens is 5. The van der Waals surface area contributed by atoms with Crippen LogP contribution >= 0.6 is 0 Å². The first kappa shape index (κ1) is 18.1. The molecule has 1 amide bonds. The van der Waals surface area contributed by atoms with E-state index in [4.69, 9.17) is 15.2 Å². The topological polar surface area (TPSA) is 127 Å². The predicted molar refractivity (Wildman–Crippen MR) is 93.7 cm³/mol. The summed E-state index contributed by atoms with van der Waals surface area (Å²) in [6, 6.07) is 7.23. The van der Waals surface area contributed by atoms with Crippen LogP contribution in [0.5, 0.6) is 5.75 Å². The van der Waals surface area contributed by atoms with Crippen molar-refractivity contribution in [3.8, 4) is 11.4 Å². The Balaban J connectivity index is 1.63. The Bertz CT molecular complexity index is 977. The molecule has 27 heavy (non-hydrogen) atoms. The molecule has 0 fully saturated rings. The smallest absolute Gasteiger partial charge is 0.358 e. The molecule has 2 heterocycles. The molecule has 0 aliphatic carbocycles. The van der Waals surface area contributed by atoms with E-state index in [0.717, 1.165) is 11.3 Å². The van der Waals surface area contributed by atoms with Crippen molar-refractivity contribution in [2.75, 3.05) is 13.7 Å². The highest BCUT2D eigenvalue weighted by Gasteiger charge is 2.14. The molecule has 0 saturated heterocycles. The molecule has 2 N–H and O–H groups in total. The minimum atomic E-state index is -0.671. The van der Waals surface area contributed by atoms with Gasteiger partial charge in [-0.3, -0.25) is 4.79 Å². The fourth-order valence-corrected chi connectivity index (χ4v) is 2.37. The average Bonchev–Trinajstić information content (AvgIpc) is 3.31. The molecule has 0 atom stereocenters. The lowest BCUT2D eigenvalue weighted by Crippen LogP contribution is -2.13. The molecule has 0 bridgehead atoms. The molecule has 3 aromatic rings. The van der Waals surface area contributed by atoms with Crippen LogP contribution in [0.1, 0.15) is 26.5 Å². The van der Waals surface area contributed by atoms with Crippen LogP contribution < -0.4 is 10.5 Å². The molecule has 140 valence electrons. The van der Waals surface area contributed by atoms with Gasteiger partial charge in [0.05, 0.1) is 19.9 Å². The Morgan fingerprint density at radius 2 is 2.04 bits per heavy atom. The molecule has 0 aliphatic rings. The van der Waals surface area contributed by atoms with Crippen molar-refractivity contribution in [2.24, 2.45) is 5.73 Å². The molecule has 10 heteroatoms. The first-order valence-corrected chi connectivity index (χ1v) is 8.05. The second-order valence-corrected chi connectivity index (χ2v) is 5.69. The first-order valence-electron chi connectivity index (χ1n) is 8.05. The van der Waals surface area contributed by atoms with Gasteiger partial charge in [0.2, 0.25) is 0 Å². The zero-order chi connectivity index (χ0) is 19.4. The summed E-state index contributed by atoms with van der Waals surface area (Å²) in [5.41, 5.74) is 7.07. The molecule has 0 radical (unpaired) electrons. The average molecular weight is 370 g/mol. The van der Waals surface area contributed by atoms with Gasteiger partial charge in [-0.05, 0) is 30.7 Å². The Morgan fingerprint density at radius 1 is 1.22 bits per heavy atom. The van der Waals surface area contributed by atoms with E-state index in [9.17, 15) is 9.59 Å². The van der Waals surface area contributed by atoms with Crippen LogP contribution in [0, 0.1) is 6.92 Å². The summed E-state index contributed by atoms with van der Waals surface area (Å²) in [4.78, 5) is 23.1. The highest BCUT2D eigenvalue weighted by atomic mass is 16.5. The van der Waals surface area contributed by atoms with Crippen molar-refractivity contribution < 1.29 is 19.1 Å². The van der Waals surface area contributed by atoms with Crippen LogP contribution in [0.2, 0.25) is 0 Å².